The second-order valence-electron chi connectivity index (χ2n) is 7.24. The number of nitrogens with one attached hydrogen (secondary N) is 1. The molecule has 0 heterocycles. The van der Waals surface area contributed by atoms with Gasteiger partial charge in [0.1, 0.15) is 0 Å². The maximum absolute atomic E-state index is 11.3. The Balaban J connectivity index is 1.71. The van der Waals surface area contributed by atoms with Crippen LogP contribution in [0.2, 0.25) is 0 Å². The van der Waals surface area contributed by atoms with Gasteiger partial charge in [-0.2, -0.15) is 0 Å². The fraction of sp³-hybridized carbons (Fsp3) is 0.591. The molecule has 1 N–H and O–H groups in total. The molecule has 0 saturated heterocycles. The van der Waals surface area contributed by atoms with Gasteiger partial charge < -0.3 is 5.32 Å². The van der Waals surface area contributed by atoms with Crippen molar-refractivity contribution >= 4 is 11.6 Å². The van der Waals surface area contributed by atoms with Gasteiger partial charge in [0.15, 0.2) is 0 Å². The van der Waals surface area contributed by atoms with E-state index >= 15 is 0 Å². The quantitative estimate of drug-likeness (QED) is 0.410. The number of rotatable bonds is 9. The Morgan fingerprint density at radius 3 is 2.38 bits per heavy atom. The minimum absolute atomic E-state index is 0.151. The van der Waals surface area contributed by atoms with Crippen molar-refractivity contribution in [2.24, 2.45) is 5.92 Å². The Bertz CT molecular complexity index is 497. The Labute approximate surface area is 147 Å². The van der Waals surface area contributed by atoms with Crippen LogP contribution < -0.4 is 5.32 Å². The van der Waals surface area contributed by atoms with E-state index in [0.29, 0.717) is 5.92 Å². The molecule has 0 aromatic heterocycles. The molecule has 2 rings (SSSR count). The zero-order valence-electron chi connectivity index (χ0n) is 15.2. The van der Waals surface area contributed by atoms with Gasteiger partial charge in [-0.3, -0.25) is 4.79 Å². The standard InChI is InChI=1S/C22H33NO/c1-3-5-6-7-8-9-18-10-12-19(13-11-18)20-14-16-21(17-15-20)23-22(24)4-2/h4,14-19H,2-3,5-13H2,1H3,(H,23,24). The second-order valence-corrected chi connectivity index (χ2v) is 7.24. The van der Waals surface area contributed by atoms with E-state index in [1.54, 1.807) is 0 Å². The van der Waals surface area contributed by atoms with E-state index in [1.807, 2.05) is 12.1 Å². The van der Waals surface area contributed by atoms with Crippen LogP contribution in [-0.4, -0.2) is 5.91 Å². The molecule has 1 aliphatic rings. The van der Waals surface area contributed by atoms with Crippen LogP contribution in [0.4, 0.5) is 5.69 Å². The first-order valence-corrected chi connectivity index (χ1v) is 9.76. The molecule has 1 aliphatic carbocycles. The van der Waals surface area contributed by atoms with Gasteiger partial charge in [-0.15, -0.1) is 0 Å². The fourth-order valence-corrected chi connectivity index (χ4v) is 3.85. The maximum atomic E-state index is 11.3. The Hall–Kier alpha value is -1.57. The highest BCUT2D eigenvalue weighted by atomic mass is 16.1. The third-order valence-electron chi connectivity index (χ3n) is 5.40. The van der Waals surface area contributed by atoms with Gasteiger partial charge in [-0.05, 0) is 61.3 Å². The summed E-state index contributed by atoms with van der Waals surface area (Å²) in [4.78, 5) is 11.3. The van der Waals surface area contributed by atoms with Gasteiger partial charge in [0, 0.05) is 5.69 Å². The van der Waals surface area contributed by atoms with Crippen LogP contribution in [0.25, 0.3) is 0 Å². The van der Waals surface area contributed by atoms with Crippen LogP contribution in [0.15, 0.2) is 36.9 Å². The minimum Gasteiger partial charge on any atom is -0.323 e. The lowest BCUT2D eigenvalue weighted by Gasteiger charge is -2.29. The smallest absolute Gasteiger partial charge is 0.247 e. The summed E-state index contributed by atoms with van der Waals surface area (Å²) in [5.74, 6) is 1.50. The summed E-state index contributed by atoms with van der Waals surface area (Å²) in [7, 11) is 0. The van der Waals surface area contributed by atoms with Crippen LogP contribution in [0.3, 0.4) is 0 Å². The van der Waals surface area contributed by atoms with E-state index in [4.69, 9.17) is 0 Å². The predicted octanol–water partition coefficient (Wildman–Crippen LogP) is 6.45. The van der Waals surface area contributed by atoms with Crippen molar-refractivity contribution in [1.29, 1.82) is 0 Å². The zero-order chi connectivity index (χ0) is 17.2. The van der Waals surface area contributed by atoms with Gasteiger partial charge in [0.25, 0.3) is 0 Å². The lowest BCUT2D eigenvalue weighted by atomic mass is 9.77. The van der Waals surface area contributed by atoms with Gasteiger partial charge in [0.05, 0.1) is 0 Å². The first-order chi connectivity index (χ1) is 11.7. The highest BCUT2D eigenvalue weighted by Gasteiger charge is 2.21. The molecular formula is C22H33NO. The molecule has 1 aromatic carbocycles. The number of unbranched alkanes of at least 4 members (excludes halogenated alkanes) is 4. The molecule has 0 radical (unpaired) electrons. The van der Waals surface area contributed by atoms with Crippen LogP contribution in [0, 0.1) is 5.92 Å². The predicted molar refractivity (Wildman–Crippen MR) is 103 cm³/mol. The highest BCUT2D eigenvalue weighted by molar-refractivity contribution is 5.98. The number of hydrogen-bond donors (Lipinski definition) is 1. The van der Waals surface area contributed by atoms with E-state index < -0.39 is 0 Å². The van der Waals surface area contributed by atoms with Crippen LogP contribution in [0.1, 0.15) is 82.6 Å². The molecular weight excluding hydrogens is 294 g/mol. The van der Waals surface area contributed by atoms with Gasteiger partial charge in [-0.25, -0.2) is 0 Å². The van der Waals surface area contributed by atoms with Crippen molar-refractivity contribution in [1.82, 2.24) is 0 Å². The summed E-state index contributed by atoms with van der Waals surface area (Å²) in [6.45, 7) is 5.76. The number of carbonyl (C=O) groups excluding carboxylic acids is 1. The van der Waals surface area contributed by atoms with E-state index in [-0.39, 0.29) is 5.91 Å². The lowest BCUT2D eigenvalue weighted by Crippen LogP contribution is -2.13. The van der Waals surface area contributed by atoms with Crippen molar-refractivity contribution in [2.45, 2.75) is 77.0 Å². The largest absolute Gasteiger partial charge is 0.323 e. The Morgan fingerprint density at radius 1 is 1.08 bits per heavy atom. The molecule has 0 aliphatic heterocycles. The first kappa shape index (κ1) is 18.8. The van der Waals surface area contributed by atoms with Crippen molar-refractivity contribution < 1.29 is 4.79 Å². The van der Waals surface area contributed by atoms with Crippen LogP contribution in [-0.2, 0) is 4.79 Å². The fourth-order valence-electron chi connectivity index (χ4n) is 3.85. The molecule has 0 atom stereocenters. The molecule has 0 spiro atoms. The third-order valence-corrected chi connectivity index (χ3v) is 5.40. The average molecular weight is 328 g/mol. The number of anilines is 1. The van der Waals surface area contributed by atoms with Crippen molar-refractivity contribution in [2.75, 3.05) is 5.32 Å². The molecule has 24 heavy (non-hydrogen) atoms. The highest BCUT2D eigenvalue weighted by Crippen LogP contribution is 2.38. The Kier molecular flexibility index (Phi) is 8.07. The van der Waals surface area contributed by atoms with Gasteiger partial charge >= 0.3 is 0 Å². The van der Waals surface area contributed by atoms with Crippen LogP contribution >= 0.6 is 0 Å². The number of carbonyl (C=O) groups is 1. The van der Waals surface area contributed by atoms with E-state index in [0.717, 1.165) is 11.6 Å². The van der Waals surface area contributed by atoms with Crippen molar-refractivity contribution in [3.8, 4) is 0 Å². The Morgan fingerprint density at radius 2 is 1.75 bits per heavy atom. The monoisotopic (exact) mass is 327 g/mol. The SMILES string of the molecule is C=CC(=O)Nc1ccc(C2CCC(CCCCCCC)CC2)cc1. The number of benzene rings is 1. The lowest BCUT2D eigenvalue weighted by molar-refractivity contribution is -0.111. The number of hydrogen-bond acceptors (Lipinski definition) is 1. The molecule has 132 valence electrons. The molecule has 1 fully saturated rings. The van der Waals surface area contributed by atoms with E-state index in [2.05, 4.69) is 31.0 Å². The molecule has 2 nitrogen and oxygen atoms in total. The van der Waals surface area contributed by atoms with Crippen LogP contribution in [0.5, 0.6) is 0 Å². The van der Waals surface area contributed by atoms with E-state index in [9.17, 15) is 4.79 Å². The molecule has 2 heteroatoms. The summed E-state index contributed by atoms with van der Waals surface area (Å²) in [6.07, 6.45) is 15.1. The summed E-state index contributed by atoms with van der Waals surface area (Å²) >= 11 is 0. The number of amides is 1. The zero-order valence-corrected chi connectivity index (χ0v) is 15.2. The average Bonchev–Trinajstić information content (AvgIpc) is 2.63. The molecule has 1 saturated carbocycles. The second kappa shape index (κ2) is 10.3. The van der Waals surface area contributed by atoms with Crippen molar-refractivity contribution in [3.05, 3.63) is 42.5 Å². The van der Waals surface area contributed by atoms with Gasteiger partial charge in [0.2, 0.25) is 5.91 Å². The topological polar surface area (TPSA) is 29.1 Å². The van der Waals surface area contributed by atoms with Crippen molar-refractivity contribution in [3.63, 3.8) is 0 Å². The summed E-state index contributed by atoms with van der Waals surface area (Å²) in [5, 5.41) is 2.81. The first-order valence-electron chi connectivity index (χ1n) is 9.76. The summed E-state index contributed by atoms with van der Waals surface area (Å²) in [5.41, 5.74) is 2.28. The summed E-state index contributed by atoms with van der Waals surface area (Å²) < 4.78 is 0. The molecule has 0 bridgehead atoms. The molecule has 1 aromatic rings. The normalized spacial score (nSPS) is 20.5. The third kappa shape index (κ3) is 6.14. The summed E-state index contributed by atoms with van der Waals surface area (Å²) in [6, 6.07) is 8.37. The van der Waals surface area contributed by atoms with E-state index in [1.165, 1.54) is 75.8 Å². The molecule has 1 amide bonds. The minimum atomic E-state index is -0.151. The maximum Gasteiger partial charge on any atom is 0.247 e. The van der Waals surface area contributed by atoms with Gasteiger partial charge in [-0.1, -0.05) is 64.2 Å². The molecule has 0 unspecified atom stereocenters.